The molecule has 0 spiro atoms. The molecule has 0 saturated carbocycles. The van der Waals surface area contributed by atoms with Gasteiger partial charge in [-0.15, -0.1) is 0 Å². The number of nitrogens with one attached hydrogen (secondary N) is 1. The Morgan fingerprint density at radius 2 is 2.28 bits per heavy atom. The van der Waals surface area contributed by atoms with E-state index in [0.717, 1.165) is 42.6 Å². The summed E-state index contributed by atoms with van der Waals surface area (Å²) in [6.07, 6.45) is 2.78. The van der Waals surface area contributed by atoms with E-state index in [1.54, 1.807) is 6.26 Å². The van der Waals surface area contributed by atoms with Gasteiger partial charge >= 0.3 is 0 Å². The molecule has 0 aliphatic carbocycles. The zero-order valence-corrected chi connectivity index (χ0v) is 10.3. The lowest BCUT2D eigenvalue weighted by Crippen LogP contribution is -2.40. The van der Waals surface area contributed by atoms with Crippen LogP contribution in [-0.2, 0) is 4.74 Å². The van der Waals surface area contributed by atoms with E-state index < -0.39 is 0 Å². The standard InChI is InChI=1S/C14H18N2O2/c15-13(7-10-8-16-5-6-17-10)12-9-18-14-4-2-1-3-11(12)14/h1-4,9-10,13,16H,5-8,15H2. The van der Waals surface area contributed by atoms with Crippen LogP contribution in [0.3, 0.4) is 0 Å². The smallest absolute Gasteiger partial charge is 0.134 e. The highest BCUT2D eigenvalue weighted by Crippen LogP contribution is 2.27. The van der Waals surface area contributed by atoms with Crippen LogP contribution in [0.2, 0.25) is 0 Å². The normalized spacial score (nSPS) is 22.2. The van der Waals surface area contributed by atoms with Crippen LogP contribution in [0.1, 0.15) is 18.0 Å². The summed E-state index contributed by atoms with van der Waals surface area (Å²) in [7, 11) is 0. The minimum Gasteiger partial charge on any atom is -0.464 e. The SMILES string of the molecule is NC(CC1CNCCO1)c1coc2ccccc12. The molecule has 2 atom stereocenters. The molecular weight excluding hydrogens is 228 g/mol. The average Bonchev–Trinajstić information content (AvgIpc) is 2.84. The number of benzene rings is 1. The first kappa shape index (κ1) is 11.7. The second-order valence-electron chi connectivity index (χ2n) is 4.73. The van der Waals surface area contributed by atoms with Crippen LogP contribution in [0.25, 0.3) is 11.0 Å². The summed E-state index contributed by atoms with van der Waals surface area (Å²) >= 11 is 0. The maximum atomic E-state index is 6.27. The van der Waals surface area contributed by atoms with Crippen molar-refractivity contribution in [2.75, 3.05) is 19.7 Å². The van der Waals surface area contributed by atoms with Crippen molar-refractivity contribution >= 4 is 11.0 Å². The first-order valence-electron chi connectivity index (χ1n) is 6.38. The quantitative estimate of drug-likeness (QED) is 0.867. The van der Waals surface area contributed by atoms with Gasteiger partial charge in [0, 0.05) is 30.1 Å². The highest BCUT2D eigenvalue weighted by atomic mass is 16.5. The van der Waals surface area contributed by atoms with E-state index in [4.69, 9.17) is 14.9 Å². The van der Waals surface area contributed by atoms with Gasteiger partial charge in [-0.3, -0.25) is 0 Å². The highest BCUT2D eigenvalue weighted by molar-refractivity contribution is 5.81. The lowest BCUT2D eigenvalue weighted by Gasteiger charge is -2.25. The van der Waals surface area contributed by atoms with Gasteiger partial charge in [0.2, 0.25) is 0 Å². The number of fused-ring (bicyclic) bond motifs is 1. The molecule has 1 fully saturated rings. The number of hydrogen-bond donors (Lipinski definition) is 2. The summed E-state index contributed by atoms with van der Waals surface area (Å²) < 4.78 is 11.2. The maximum Gasteiger partial charge on any atom is 0.134 e. The summed E-state index contributed by atoms with van der Waals surface area (Å²) in [5.74, 6) is 0. The second kappa shape index (κ2) is 5.10. The van der Waals surface area contributed by atoms with Gasteiger partial charge in [0.15, 0.2) is 0 Å². The summed E-state index contributed by atoms with van der Waals surface area (Å²) in [6, 6.07) is 7.94. The molecule has 3 N–H and O–H groups in total. The molecule has 0 bridgehead atoms. The molecule has 3 rings (SSSR count). The third-order valence-corrected chi connectivity index (χ3v) is 3.43. The van der Waals surface area contributed by atoms with Crippen LogP contribution in [0.5, 0.6) is 0 Å². The maximum absolute atomic E-state index is 6.27. The Hall–Kier alpha value is -1.36. The van der Waals surface area contributed by atoms with Gasteiger partial charge in [-0.2, -0.15) is 0 Å². The molecule has 4 nitrogen and oxygen atoms in total. The molecule has 1 aromatic heterocycles. The summed E-state index contributed by atoms with van der Waals surface area (Å²) in [5.41, 5.74) is 8.23. The monoisotopic (exact) mass is 246 g/mol. The number of ether oxygens (including phenoxy) is 1. The summed E-state index contributed by atoms with van der Waals surface area (Å²) in [6.45, 7) is 2.58. The number of nitrogens with two attached hydrogens (primary N) is 1. The Kier molecular flexibility index (Phi) is 3.32. The van der Waals surface area contributed by atoms with Crippen molar-refractivity contribution in [2.45, 2.75) is 18.6 Å². The lowest BCUT2D eigenvalue weighted by molar-refractivity contribution is 0.0195. The molecule has 1 aliphatic heterocycles. The number of morpholine rings is 1. The Balaban J connectivity index is 1.76. The van der Waals surface area contributed by atoms with Gasteiger partial charge in [0.1, 0.15) is 5.58 Å². The highest BCUT2D eigenvalue weighted by Gasteiger charge is 2.20. The Morgan fingerprint density at radius 3 is 3.11 bits per heavy atom. The van der Waals surface area contributed by atoms with Gasteiger partial charge in [0.25, 0.3) is 0 Å². The van der Waals surface area contributed by atoms with Crippen LogP contribution in [-0.4, -0.2) is 25.8 Å². The molecule has 96 valence electrons. The van der Waals surface area contributed by atoms with Crippen LogP contribution in [0.15, 0.2) is 34.9 Å². The van der Waals surface area contributed by atoms with Gasteiger partial charge in [0.05, 0.1) is 19.0 Å². The molecule has 1 saturated heterocycles. The van der Waals surface area contributed by atoms with Crippen molar-refractivity contribution in [3.05, 3.63) is 36.1 Å². The fraction of sp³-hybridized carbons (Fsp3) is 0.429. The first-order chi connectivity index (χ1) is 8.84. The fourth-order valence-corrected chi connectivity index (χ4v) is 2.47. The van der Waals surface area contributed by atoms with Crippen LogP contribution in [0.4, 0.5) is 0 Å². The minimum atomic E-state index is -0.0430. The van der Waals surface area contributed by atoms with Gasteiger partial charge in [-0.05, 0) is 12.5 Å². The number of hydrogen-bond acceptors (Lipinski definition) is 4. The topological polar surface area (TPSA) is 60.4 Å². The second-order valence-corrected chi connectivity index (χ2v) is 4.73. The summed E-state index contributed by atoms with van der Waals surface area (Å²) in [4.78, 5) is 0. The molecule has 2 unspecified atom stereocenters. The summed E-state index contributed by atoms with van der Waals surface area (Å²) in [5, 5.41) is 4.42. The van der Waals surface area contributed by atoms with E-state index in [-0.39, 0.29) is 12.1 Å². The van der Waals surface area contributed by atoms with Crippen LogP contribution < -0.4 is 11.1 Å². The predicted octanol–water partition coefficient (Wildman–Crippen LogP) is 1.81. The molecule has 0 radical (unpaired) electrons. The molecule has 2 aromatic rings. The van der Waals surface area contributed by atoms with Crippen molar-refractivity contribution in [2.24, 2.45) is 5.73 Å². The zero-order chi connectivity index (χ0) is 12.4. The molecule has 18 heavy (non-hydrogen) atoms. The van der Waals surface area contributed by atoms with E-state index in [1.165, 1.54) is 0 Å². The Bertz CT molecular complexity index is 517. The zero-order valence-electron chi connectivity index (χ0n) is 10.3. The van der Waals surface area contributed by atoms with Crippen molar-refractivity contribution in [3.63, 3.8) is 0 Å². The van der Waals surface area contributed by atoms with E-state index in [2.05, 4.69) is 5.32 Å². The minimum absolute atomic E-state index is 0.0430. The third-order valence-electron chi connectivity index (χ3n) is 3.43. The molecule has 1 aromatic carbocycles. The first-order valence-corrected chi connectivity index (χ1v) is 6.38. The van der Waals surface area contributed by atoms with E-state index in [0.29, 0.717) is 0 Å². The number of rotatable bonds is 3. The van der Waals surface area contributed by atoms with E-state index in [9.17, 15) is 0 Å². The molecular formula is C14H18N2O2. The van der Waals surface area contributed by atoms with E-state index in [1.807, 2.05) is 24.3 Å². The van der Waals surface area contributed by atoms with Gasteiger partial charge < -0.3 is 20.2 Å². The van der Waals surface area contributed by atoms with Crippen molar-refractivity contribution in [1.29, 1.82) is 0 Å². The lowest BCUT2D eigenvalue weighted by atomic mass is 10.0. The number of furan rings is 1. The largest absolute Gasteiger partial charge is 0.464 e. The van der Waals surface area contributed by atoms with Crippen molar-refractivity contribution in [3.8, 4) is 0 Å². The molecule has 4 heteroatoms. The molecule has 2 heterocycles. The Morgan fingerprint density at radius 1 is 1.39 bits per heavy atom. The van der Waals surface area contributed by atoms with E-state index >= 15 is 0 Å². The van der Waals surface area contributed by atoms with Gasteiger partial charge in [-0.1, -0.05) is 18.2 Å². The predicted molar refractivity (Wildman–Crippen MR) is 70.4 cm³/mol. The molecule has 1 aliphatic rings. The van der Waals surface area contributed by atoms with Crippen molar-refractivity contribution < 1.29 is 9.15 Å². The van der Waals surface area contributed by atoms with Crippen LogP contribution in [0, 0.1) is 0 Å². The Labute approximate surface area is 106 Å². The average molecular weight is 246 g/mol. The number of para-hydroxylation sites is 1. The third kappa shape index (κ3) is 2.27. The van der Waals surface area contributed by atoms with Crippen LogP contribution >= 0.6 is 0 Å². The van der Waals surface area contributed by atoms with Gasteiger partial charge in [-0.25, -0.2) is 0 Å². The molecule has 0 amide bonds. The van der Waals surface area contributed by atoms with Crippen molar-refractivity contribution in [1.82, 2.24) is 5.32 Å². The fourth-order valence-electron chi connectivity index (χ4n) is 2.47.